The normalized spacial score (nSPS) is 14.1. The lowest BCUT2D eigenvalue weighted by molar-refractivity contribution is -0.0467. The SMILES string of the molecule is OC(O)CCCC[C@@H](O)S. The second-order valence-electron chi connectivity index (χ2n) is 2.25. The number of hydrogen-bond donors (Lipinski definition) is 4. The van der Waals surface area contributed by atoms with Gasteiger partial charge < -0.3 is 15.3 Å². The smallest absolute Gasteiger partial charge is 0.151 e. The standard InChI is InChI=1S/C6H14O3S/c7-5(8)3-1-2-4-6(9)10/h5-10H,1-4H2/t6-/m0/s1. The van der Waals surface area contributed by atoms with Crippen LogP contribution >= 0.6 is 12.6 Å². The van der Waals surface area contributed by atoms with Gasteiger partial charge >= 0.3 is 0 Å². The molecule has 0 saturated carbocycles. The fraction of sp³-hybridized carbons (Fsp3) is 1.00. The molecule has 0 amide bonds. The molecule has 0 aliphatic heterocycles. The molecule has 0 unspecified atom stereocenters. The van der Waals surface area contributed by atoms with Crippen molar-refractivity contribution in [1.82, 2.24) is 0 Å². The number of aliphatic hydroxyl groups is 3. The average molecular weight is 166 g/mol. The Morgan fingerprint density at radius 3 is 1.90 bits per heavy atom. The summed E-state index contributed by atoms with van der Waals surface area (Å²) >= 11 is 3.75. The summed E-state index contributed by atoms with van der Waals surface area (Å²) in [4.78, 5) is 0. The lowest BCUT2D eigenvalue weighted by Gasteiger charge is -2.03. The first-order valence-electron chi connectivity index (χ1n) is 3.35. The van der Waals surface area contributed by atoms with Crippen molar-refractivity contribution in [3.8, 4) is 0 Å². The van der Waals surface area contributed by atoms with Crippen molar-refractivity contribution in [2.75, 3.05) is 0 Å². The zero-order valence-corrected chi connectivity index (χ0v) is 6.67. The Morgan fingerprint density at radius 2 is 1.50 bits per heavy atom. The van der Waals surface area contributed by atoms with Crippen LogP contribution in [0.3, 0.4) is 0 Å². The average Bonchev–Trinajstić information content (AvgIpc) is 1.79. The molecule has 0 radical (unpaired) electrons. The highest BCUT2D eigenvalue weighted by Crippen LogP contribution is 2.06. The van der Waals surface area contributed by atoms with Crippen molar-refractivity contribution < 1.29 is 15.3 Å². The van der Waals surface area contributed by atoms with Crippen LogP contribution in [0.15, 0.2) is 0 Å². The van der Waals surface area contributed by atoms with Crippen LogP contribution in [-0.2, 0) is 0 Å². The second kappa shape index (κ2) is 5.97. The van der Waals surface area contributed by atoms with E-state index >= 15 is 0 Å². The molecule has 0 aliphatic rings. The van der Waals surface area contributed by atoms with Gasteiger partial charge in [0, 0.05) is 0 Å². The molecule has 3 nitrogen and oxygen atoms in total. The summed E-state index contributed by atoms with van der Waals surface area (Å²) in [5.41, 5.74) is -0.573. The van der Waals surface area contributed by atoms with Gasteiger partial charge in [0.2, 0.25) is 0 Å². The molecule has 0 saturated heterocycles. The van der Waals surface area contributed by atoms with Crippen LogP contribution in [0.5, 0.6) is 0 Å². The molecule has 0 aromatic carbocycles. The topological polar surface area (TPSA) is 60.7 Å². The molecule has 3 N–H and O–H groups in total. The van der Waals surface area contributed by atoms with Crippen molar-refractivity contribution in [1.29, 1.82) is 0 Å². The Labute approximate surface area is 66.1 Å². The van der Waals surface area contributed by atoms with Gasteiger partial charge in [0.05, 0.1) is 5.44 Å². The van der Waals surface area contributed by atoms with Crippen molar-refractivity contribution >= 4 is 12.6 Å². The Kier molecular flexibility index (Phi) is 6.11. The molecule has 0 aromatic rings. The van der Waals surface area contributed by atoms with E-state index in [9.17, 15) is 0 Å². The number of rotatable bonds is 5. The van der Waals surface area contributed by atoms with Gasteiger partial charge in [0.25, 0.3) is 0 Å². The Hall–Kier alpha value is 0.230. The number of thiol groups is 1. The molecule has 10 heavy (non-hydrogen) atoms. The summed E-state index contributed by atoms with van der Waals surface area (Å²) in [5.74, 6) is 0. The number of hydrogen-bond acceptors (Lipinski definition) is 4. The highest BCUT2D eigenvalue weighted by atomic mass is 32.1. The van der Waals surface area contributed by atoms with E-state index in [0.717, 1.165) is 12.8 Å². The van der Waals surface area contributed by atoms with Crippen LogP contribution in [0.4, 0.5) is 0 Å². The largest absolute Gasteiger partial charge is 0.383 e. The molecule has 0 spiro atoms. The third-order valence-electron chi connectivity index (χ3n) is 1.17. The van der Waals surface area contributed by atoms with Crippen LogP contribution in [0.2, 0.25) is 0 Å². The van der Waals surface area contributed by atoms with E-state index in [1.807, 2.05) is 0 Å². The second-order valence-corrected chi connectivity index (χ2v) is 2.84. The van der Waals surface area contributed by atoms with Gasteiger partial charge in [-0.3, -0.25) is 0 Å². The minimum atomic E-state index is -1.21. The molecule has 0 aliphatic carbocycles. The first kappa shape index (κ1) is 10.2. The molecule has 0 rings (SSSR count). The maximum atomic E-state index is 8.66. The molecular weight excluding hydrogens is 152 g/mol. The van der Waals surface area contributed by atoms with Crippen molar-refractivity contribution in [2.45, 2.75) is 37.4 Å². The minimum Gasteiger partial charge on any atom is -0.383 e. The monoisotopic (exact) mass is 166 g/mol. The predicted octanol–water partition coefficient (Wildman–Crippen LogP) is 0.106. The van der Waals surface area contributed by atoms with Crippen molar-refractivity contribution in [3.63, 3.8) is 0 Å². The summed E-state index contributed by atoms with van der Waals surface area (Å²) in [6.45, 7) is 0. The molecule has 0 bridgehead atoms. The molecule has 1 atom stereocenters. The Morgan fingerprint density at radius 1 is 1.00 bits per heavy atom. The van der Waals surface area contributed by atoms with E-state index in [1.165, 1.54) is 0 Å². The fourth-order valence-electron chi connectivity index (χ4n) is 0.654. The van der Waals surface area contributed by atoms with Crippen LogP contribution in [0, 0.1) is 0 Å². The lowest BCUT2D eigenvalue weighted by Crippen LogP contribution is -2.04. The molecular formula is C6H14O3S. The highest BCUT2D eigenvalue weighted by Gasteiger charge is 1.99. The molecule has 0 aromatic heterocycles. The number of aliphatic hydroxyl groups excluding tert-OH is 2. The third-order valence-corrected chi connectivity index (χ3v) is 1.43. The lowest BCUT2D eigenvalue weighted by atomic mass is 10.2. The van der Waals surface area contributed by atoms with E-state index in [1.54, 1.807) is 0 Å². The zero-order chi connectivity index (χ0) is 7.98. The van der Waals surface area contributed by atoms with Crippen molar-refractivity contribution in [3.05, 3.63) is 0 Å². The molecule has 0 fully saturated rings. The minimum absolute atomic E-state index is 0.375. The van der Waals surface area contributed by atoms with E-state index in [2.05, 4.69) is 12.6 Å². The fourth-order valence-corrected chi connectivity index (χ4v) is 0.836. The van der Waals surface area contributed by atoms with Crippen molar-refractivity contribution in [2.24, 2.45) is 0 Å². The first-order chi connectivity index (χ1) is 4.63. The molecule has 4 heteroatoms. The summed E-state index contributed by atoms with van der Waals surface area (Å²) in [5, 5.41) is 25.4. The quantitative estimate of drug-likeness (QED) is 0.266. The van der Waals surface area contributed by atoms with Gasteiger partial charge in [-0.15, -0.1) is 12.6 Å². The maximum Gasteiger partial charge on any atom is 0.151 e. The summed E-state index contributed by atoms with van der Waals surface area (Å²) in [6.07, 6.45) is 1.27. The van der Waals surface area contributed by atoms with Gasteiger partial charge in [-0.05, 0) is 25.7 Å². The Balaban J connectivity index is 2.91. The van der Waals surface area contributed by atoms with Gasteiger partial charge in [-0.25, -0.2) is 0 Å². The maximum absolute atomic E-state index is 8.66. The molecule has 62 valence electrons. The highest BCUT2D eigenvalue weighted by molar-refractivity contribution is 7.80. The van der Waals surface area contributed by atoms with Gasteiger partial charge in [0.15, 0.2) is 6.29 Å². The first-order valence-corrected chi connectivity index (χ1v) is 3.87. The van der Waals surface area contributed by atoms with Gasteiger partial charge in [-0.1, -0.05) is 0 Å². The van der Waals surface area contributed by atoms with Gasteiger partial charge in [0.1, 0.15) is 0 Å². The van der Waals surface area contributed by atoms with Crippen LogP contribution < -0.4 is 0 Å². The van der Waals surface area contributed by atoms with Gasteiger partial charge in [-0.2, -0.15) is 0 Å². The van der Waals surface area contributed by atoms with E-state index < -0.39 is 11.7 Å². The van der Waals surface area contributed by atoms with Crippen LogP contribution in [-0.4, -0.2) is 27.0 Å². The molecule has 0 heterocycles. The van der Waals surface area contributed by atoms with Crippen LogP contribution in [0.1, 0.15) is 25.7 Å². The van der Waals surface area contributed by atoms with E-state index in [4.69, 9.17) is 15.3 Å². The van der Waals surface area contributed by atoms with Crippen LogP contribution in [0.25, 0.3) is 0 Å². The third kappa shape index (κ3) is 8.23. The number of unbranched alkanes of at least 4 members (excludes halogenated alkanes) is 1. The summed E-state index contributed by atoms with van der Waals surface area (Å²) in [7, 11) is 0. The summed E-state index contributed by atoms with van der Waals surface area (Å²) in [6, 6.07) is 0. The van der Waals surface area contributed by atoms with E-state index in [-0.39, 0.29) is 0 Å². The summed E-state index contributed by atoms with van der Waals surface area (Å²) < 4.78 is 0. The zero-order valence-electron chi connectivity index (χ0n) is 5.77. The predicted molar refractivity (Wildman–Crippen MR) is 41.7 cm³/mol. The Bertz CT molecular complexity index is 65.4. The van der Waals surface area contributed by atoms with E-state index in [0.29, 0.717) is 12.8 Å².